The zero-order valence-corrected chi connectivity index (χ0v) is 16.1. The third-order valence-corrected chi connectivity index (χ3v) is 5.20. The van der Waals surface area contributed by atoms with Crippen molar-refractivity contribution in [2.75, 3.05) is 23.9 Å². The first-order chi connectivity index (χ1) is 12.3. The molecule has 8 heteroatoms. The van der Waals surface area contributed by atoms with Gasteiger partial charge in [0.2, 0.25) is 16.9 Å². The summed E-state index contributed by atoms with van der Waals surface area (Å²) in [6, 6.07) is 7.41. The number of hydrogen-bond acceptors (Lipinski definition) is 6. The predicted octanol–water partition coefficient (Wildman–Crippen LogP) is 3.05. The molecular formula is C18H22N4O3S. The second kappa shape index (κ2) is 7.03. The number of hydrogen-bond donors (Lipinski definition) is 1. The van der Waals surface area contributed by atoms with Gasteiger partial charge in [-0.1, -0.05) is 32.1 Å². The number of methoxy groups -OCH3 is 1. The Hall–Kier alpha value is -2.48. The molecule has 1 aromatic carbocycles. The summed E-state index contributed by atoms with van der Waals surface area (Å²) in [7, 11) is 1.61. The second-order valence-corrected chi connectivity index (χ2v) is 8.26. The molecule has 0 spiro atoms. The van der Waals surface area contributed by atoms with Gasteiger partial charge in [0, 0.05) is 30.0 Å². The van der Waals surface area contributed by atoms with Crippen molar-refractivity contribution in [1.29, 1.82) is 0 Å². The first kappa shape index (κ1) is 18.3. The SMILES string of the molecule is COc1ccc(N2C[C@H](c3nnc(NC(=O)C(C)(C)C)s3)CC2=O)cc1. The van der Waals surface area contributed by atoms with E-state index in [-0.39, 0.29) is 17.7 Å². The Balaban J connectivity index is 1.69. The Labute approximate surface area is 156 Å². The first-order valence-corrected chi connectivity index (χ1v) is 9.19. The molecule has 1 atom stereocenters. The fraction of sp³-hybridized carbons (Fsp3) is 0.444. The number of nitrogens with one attached hydrogen (secondary N) is 1. The summed E-state index contributed by atoms with van der Waals surface area (Å²) < 4.78 is 5.15. The van der Waals surface area contributed by atoms with E-state index in [1.807, 2.05) is 45.0 Å². The van der Waals surface area contributed by atoms with Crippen molar-refractivity contribution in [2.45, 2.75) is 33.1 Å². The molecule has 138 valence electrons. The van der Waals surface area contributed by atoms with Crippen LogP contribution in [0.4, 0.5) is 10.8 Å². The smallest absolute Gasteiger partial charge is 0.231 e. The molecule has 0 saturated carbocycles. The Morgan fingerprint density at radius 3 is 2.58 bits per heavy atom. The molecule has 0 aliphatic carbocycles. The van der Waals surface area contributed by atoms with Crippen LogP contribution in [-0.4, -0.2) is 35.7 Å². The maximum atomic E-state index is 12.4. The zero-order valence-electron chi connectivity index (χ0n) is 15.3. The van der Waals surface area contributed by atoms with Gasteiger partial charge in [0.15, 0.2) is 0 Å². The summed E-state index contributed by atoms with van der Waals surface area (Å²) in [5.41, 5.74) is 0.337. The highest BCUT2D eigenvalue weighted by Gasteiger charge is 2.34. The number of rotatable bonds is 4. The van der Waals surface area contributed by atoms with Gasteiger partial charge in [-0.25, -0.2) is 0 Å². The number of amides is 2. The fourth-order valence-corrected chi connectivity index (χ4v) is 3.45. The number of carbonyl (C=O) groups excluding carboxylic acids is 2. The predicted molar refractivity (Wildman–Crippen MR) is 101 cm³/mol. The summed E-state index contributed by atoms with van der Waals surface area (Å²) >= 11 is 1.33. The van der Waals surface area contributed by atoms with Crippen LogP contribution < -0.4 is 15.0 Å². The zero-order chi connectivity index (χ0) is 18.9. The van der Waals surface area contributed by atoms with Crippen molar-refractivity contribution in [3.63, 3.8) is 0 Å². The Morgan fingerprint density at radius 2 is 1.96 bits per heavy atom. The van der Waals surface area contributed by atoms with Crippen LogP contribution in [0.25, 0.3) is 0 Å². The standard InChI is InChI=1S/C18H22N4O3S/c1-18(2,3)16(24)19-17-21-20-15(26-17)11-9-14(23)22(10-11)12-5-7-13(25-4)8-6-12/h5-8,11H,9-10H2,1-4H3,(H,19,21,24)/t11-/m1/s1. The van der Waals surface area contributed by atoms with Crippen LogP contribution in [0.3, 0.4) is 0 Å². The van der Waals surface area contributed by atoms with Crippen molar-refractivity contribution in [3.05, 3.63) is 29.3 Å². The molecule has 1 aliphatic rings. The Bertz CT molecular complexity index is 811. The summed E-state index contributed by atoms with van der Waals surface area (Å²) in [6.45, 7) is 6.07. The van der Waals surface area contributed by atoms with E-state index in [1.165, 1.54) is 11.3 Å². The van der Waals surface area contributed by atoms with E-state index in [1.54, 1.807) is 12.0 Å². The maximum Gasteiger partial charge on any atom is 0.231 e. The van der Waals surface area contributed by atoms with Gasteiger partial charge in [-0.05, 0) is 24.3 Å². The van der Waals surface area contributed by atoms with Crippen molar-refractivity contribution in [3.8, 4) is 5.75 Å². The molecular weight excluding hydrogens is 352 g/mol. The number of nitrogens with zero attached hydrogens (tertiary/aromatic N) is 3. The number of aromatic nitrogens is 2. The van der Waals surface area contributed by atoms with Gasteiger partial charge < -0.3 is 15.0 Å². The molecule has 26 heavy (non-hydrogen) atoms. The van der Waals surface area contributed by atoms with Gasteiger partial charge in [-0.3, -0.25) is 9.59 Å². The van der Waals surface area contributed by atoms with Gasteiger partial charge in [0.1, 0.15) is 10.8 Å². The van der Waals surface area contributed by atoms with Gasteiger partial charge in [0.05, 0.1) is 7.11 Å². The number of anilines is 2. The molecule has 3 rings (SSSR count). The van der Waals surface area contributed by atoms with E-state index in [0.29, 0.717) is 18.1 Å². The van der Waals surface area contributed by atoms with E-state index in [2.05, 4.69) is 15.5 Å². The van der Waals surface area contributed by atoms with E-state index in [4.69, 9.17) is 4.74 Å². The topological polar surface area (TPSA) is 84.4 Å². The molecule has 1 fully saturated rings. The van der Waals surface area contributed by atoms with Crippen molar-refractivity contribution < 1.29 is 14.3 Å². The minimum atomic E-state index is -0.500. The van der Waals surface area contributed by atoms with Crippen LogP contribution in [0.5, 0.6) is 5.75 Å². The monoisotopic (exact) mass is 374 g/mol. The lowest BCUT2D eigenvalue weighted by Crippen LogP contribution is -2.27. The van der Waals surface area contributed by atoms with Crippen LogP contribution in [-0.2, 0) is 9.59 Å². The highest BCUT2D eigenvalue weighted by atomic mass is 32.1. The molecule has 1 aliphatic heterocycles. The summed E-state index contributed by atoms with van der Waals surface area (Å²) in [5.74, 6) is 0.667. The van der Waals surface area contributed by atoms with Gasteiger partial charge in [0.25, 0.3) is 0 Å². The number of benzene rings is 1. The molecule has 1 N–H and O–H groups in total. The molecule has 2 amide bonds. The molecule has 0 unspecified atom stereocenters. The molecule has 0 radical (unpaired) electrons. The lowest BCUT2D eigenvalue weighted by Gasteiger charge is -2.16. The molecule has 2 heterocycles. The van der Waals surface area contributed by atoms with Gasteiger partial charge in [-0.2, -0.15) is 0 Å². The molecule has 1 saturated heterocycles. The second-order valence-electron chi connectivity index (χ2n) is 7.25. The summed E-state index contributed by atoms with van der Waals surface area (Å²) in [6.07, 6.45) is 0.383. The number of carbonyl (C=O) groups is 2. The van der Waals surface area contributed by atoms with Gasteiger partial charge in [-0.15, -0.1) is 10.2 Å². The van der Waals surface area contributed by atoms with E-state index in [0.717, 1.165) is 16.4 Å². The van der Waals surface area contributed by atoms with Crippen LogP contribution in [0.2, 0.25) is 0 Å². The van der Waals surface area contributed by atoms with Crippen LogP contribution in [0, 0.1) is 5.41 Å². The lowest BCUT2D eigenvalue weighted by atomic mass is 9.96. The summed E-state index contributed by atoms with van der Waals surface area (Å²) in [5, 5.41) is 12.2. The van der Waals surface area contributed by atoms with E-state index >= 15 is 0 Å². The van der Waals surface area contributed by atoms with Crippen LogP contribution in [0.15, 0.2) is 24.3 Å². The quantitative estimate of drug-likeness (QED) is 0.889. The van der Waals surface area contributed by atoms with E-state index in [9.17, 15) is 9.59 Å². The number of ether oxygens (including phenoxy) is 1. The van der Waals surface area contributed by atoms with Crippen molar-refractivity contribution in [1.82, 2.24) is 10.2 Å². The molecule has 0 bridgehead atoms. The molecule has 1 aromatic heterocycles. The molecule has 7 nitrogen and oxygen atoms in total. The van der Waals surface area contributed by atoms with Gasteiger partial charge >= 0.3 is 0 Å². The third kappa shape index (κ3) is 3.85. The summed E-state index contributed by atoms with van der Waals surface area (Å²) in [4.78, 5) is 26.2. The Kier molecular flexibility index (Phi) is 4.95. The minimum absolute atomic E-state index is 0.0256. The van der Waals surface area contributed by atoms with Crippen LogP contribution in [0.1, 0.15) is 38.1 Å². The highest BCUT2D eigenvalue weighted by Crippen LogP contribution is 2.35. The van der Waals surface area contributed by atoms with Crippen molar-refractivity contribution >= 4 is 34.0 Å². The maximum absolute atomic E-state index is 12.4. The van der Waals surface area contributed by atoms with Crippen molar-refractivity contribution in [2.24, 2.45) is 5.41 Å². The lowest BCUT2D eigenvalue weighted by molar-refractivity contribution is -0.123. The Morgan fingerprint density at radius 1 is 1.27 bits per heavy atom. The molecule has 2 aromatic rings. The van der Waals surface area contributed by atoms with E-state index < -0.39 is 5.41 Å². The minimum Gasteiger partial charge on any atom is -0.497 e. The first-order valence-electron chi connectivity index (χ1n) is 8.37. The highest BCUT2D eigenvalue weighted by molar-refractivity contribution is 7.15. The third-order valence-electron chi connectivity index (χ3n) is 4.20. The average molecular weight is 374 g/mol. The van der Waals surface area contributed by atoms with Crippen LogP contribution >= 0.6 is 11.3 Å². The fourth-order valence-electron chi connectivity index (χ4n) is 2.62. The average Bonchev–Trinajstić information content (AvgIpc) is 3.21. The normalized spacial score (nSPS) is 17.5. The largest absolute Gasteiger partial charge is 0.497 e.